The first-order chi connectivity index (χ1) is 12.4. The lowest BCUT2D eigenvalue weighted by molar-refractivity contribution is 0.0730. The summed E-state index contributed by atoms with van der Waals surface area (Å²) in [6.45, 7) is 7.69. The average molecular weight is 516 g/mol. The minimum absolute atomic E-state index is 0. The summed E-state index contributed by atoms with van der Waals surface area (Å²) in [6, 6.07) is 0. The van der Waals surface area contributed by atoms with Crippen LogP contribution in [0.25, 0.3) is 0 Å². The Morgan fingerprint density at radius 2 is 1.81 bits per heavy atom. The molecule has 0 atom stereocenters. The minimum Gasteiger partial charge on any atom is -0.379 e. The molecule has 1 saturated heterocycles. The first-order valence-corrected chi connectivity index (χ1v) is 11.5. The first-order valence-electron chi connectivity index (χ1n) is 9.87. The van der Waals surface area contributed by atoms with Crippen LogP contribution >= 0.6 is 24.0 Å². The van der Waals surface area contributed by atoms with Crippen molar-refractivity contribution in [1.29, 1.82) is 0 Å². The zero-order chi connectivity index (χ0) is 19.0. The molecule has 1 aliphatic carbocycles. The molecule has 7 nitrogen and oxygen atoms in total. The maximum Gasteiger partial charge on any atom is 0.215 e. The van der Waals surface area contributed by atoms with Gasteiger partial charge in [-0.25, -0.2) is 8.42 Å². The number of aliphatic imine (C=N–C) groups is 1. The lowest BCUT2D eigenvalue weighted by Crippen LogP contribution is -2.47. The van der Waals surface area contributed by atoms with E-state index in [2.05, 4.69) is 29.5 Å². The minimum atomic E-state index is -3.24. The van der Waals surface area contributed by atoms with E-state index >= 15 is 0 Å². The van der Waals surface area contributed by atoms with Crippen LogP contribution in [0.2, 0.25) is 0 Å². The first kappa shape index (κ1) is 24.9. The fraction of sp³-hybridized carbons (Fsp3) is 0.944. The van der Waals surface area contributed by atoms with Gasteiger partial charge in [0.05, 0.1) is 19.0 Å². The summed E-state index contributed by atoms with van der Waals surface area (Å²) in [4.78, 5) is 4.26. The Morgan fingerprint density at radius 1 is 1.19 bits per heavy atom. The monoisotopic (exact) mass is 516 g/mol. The quantitative estimate of drug-likeness (QED) is 0.293. The number of nitrogens with zero attached hydrogens (tertiary/aromatic N) is 2. The number of morpholine rings is 1. The number of ether oxygens (including phenoxy) is 1. The predicted molar refractivity (Wildman–Crippen MR) is 121 cm³/mol. The maximum absolute atomic E-state index is 12.4. The van der Waals surface area contributed by atoms with E-state index in [9.17, 15) is 8.42 Å². The van der Waals surface area contributed by atoms with E-state index in [0.717, 1.165) is 6.54 Å². The molecular formula is C18H37IN4O3S. The molecule has 9 heteroatoms. The highest BCUT2D eigenvalue weighted by Gasteiger charge is 2.34. The van der Waals surface area contributed by atoms with Crippen molar-refractivity contribution in [2.75, 3.05) is 52.2 Å². The summed E-state index contributed by atoms with van der Waals surface area (Å²) in [6.07, 6.45) is 6.36. The van der Waals surface area contributed by atoms with E-state index < -0.39 is 10.0 Å². The summed E-state index contributed by atoms with van der Waals surface area (Å²) in [5.41, 5.74) is 0.353. The van der Waals surface area contributed by atoms with Crippen molar-refractivity contribution in [3.8, 4) is 0 Å². The van der Waals surface area contributed by atoms with Crippen LogP contribution in [-0.2, 0) is 14.8 Å². The van der Waals surface area contributed by atoms with E-state index in [1.807, 2.05) is 0 Å². The Balaban J connectivity index is 0.00000364. The number of rotatable bonds is 8. The van der Waals surface area contributed by atoms with Gasteiger partial charge in [-0.3, -0.25) is 4.99 Å². The summed E-state index contributed by atoms with van der Waals surface area (Å²) in [7, 11) is -1.51. The lowest BCUT2D eigenvalue weighted by Gasteiger charge is -2.32. The van der Waals surface area contributed by atoms with Gasteiger partial charge in [-0.1, -0.05) is 26.7 Å². The summed E-state index contributed by atoms with van der Waals surface area (Å²) in [5, 5.41) is 6.59. The summed E-state index contributed by atoms with van der Waals surface area (Å²) < 4.78 is 31.5. The van der Waals surface area contributed by atoms with Gasteiger partial charge in [-0.15, -0.1) is 24.0 Å². The van der Waals surface area contributed by atoms with Gasteiger partial charge < -0.3 is 15.4 Å². The Labute approximate surface area is 182 Å². The molecule has 1 heterocycles. The van der Waals surface area contributed by atoms with E-state index in [1.54, 1.807) is 7.05 Å². The van der Waals surface area contributed by atoms with Crippen molar-refractivity contribution in [2.45, 2.75) is 46.0 Å². The second-order valence-corrected chi connectivity index (χ2v) is 10.1. The molecule has 160 valence electrons. The van der Waals surface area contributed by atoms with Crippen LogP contribution in [-0.4, -0.2) is 70.9 Å². The van der Waals surface area contributed by atoms with Crippen molar-refractivity contribution >= 4 is 40.0 Å². The van der Waals surface area contributed by atoms with Crippen molar-refractivity contribution < 1.29 is 13.2 Å². The molecule has 2 N–H and O–H groups in total. The zero-order valence-corrected chi connectivity index (χ0v) is 20.1. The van der Waals surface area contributed by atoms with Gasteiger partial charge in [0.25, 0.3) is 0 Å². The standard InChI is InChI=1S/C18H36N4O3S.HI/c1-16(2)14-18(6-4-5-7-18)15-21-17(19-3)20-8-13-26(23,24)22-9-11-25-12-10-22;/h16H,4-15H2,1-3H3,(H2,19,20,21);1H. The van der Waals surface area contributed by atoms with Crippen LogP contribution in [0.5, 0.6) is 0 Å². The Hall–Kier alpha value is -0.130. The van der Waals surface area contributed by atoms with Crippen molar-refractivity contribution in [1.82, 2.24) is 14.9 Å². The third-order valence-electron chi connectivity index (χ3n) is 5.38. The normalized spacial score (nSPS) is 21.1. The zero-order valence-electron chi connectivity index (χ0n) is 17.0. The molecule has 0 bridgehead atoms. The molecule has 1 saturated carbocycles. The highest BCUT2D eigenvalue weighted by molar-refractivity contribution is 14.0. The highest BCUT2D eigenvalue weighted by Crippen LogP contribution is 2.42. The highest BCUT2D eigenvalue weighted by atomic mass is 127. The predicted octanol–water partition coefficient (Wildman–Crippen LogP) is 2.04. The van der Waals surface area contributed by atoms with Gasteiger partial charge in [-0.05, 0) is 30.6 Å². The number of hydrogen-bond donors (Lipinski definition) is 2. The molecule has 0 aromatic rings. The van der Waals surface area contributed by atoms with Crippen molar-refractivity contribution in [3.63, 3.8) is 0 Å². The maximum atomic E-state index is 12.4. The fourth-order valence-electron chi connectivity index (χ4n) is 4.19. The van der Waals surface area contributed by atoms with Crippen LogP contribution in [0.4, 0.5) is 0 Å². The fourth-order valence-corrected chi connectivity index (χ4v) is 5.51. The molecular weight excluding hydrogens is 479 g/mol. The largest absolute Gasteiger partial charge is 0.379 e. The van der Waals surface area contributed by atoms with Crippen molar-refractivity contribution in [3.05, 3.63) is 0 Å². The van der Waals surface area contributed by atoms with Crippen LogP contribution in [0.1, 0.15) is 46.0 Å². The van der Waals surface area contributed by atoms with Crippen LogP contribution in [0.3, 0.4) is 0 Å². The van der Waals surface area contributed by atoms with Crippen LogP contribution < -0.4 is 10.6 Å². The molecule has 0 spiro atoms. The molecule has 2 fully saturated rings. The van der Waals surface area contributed by atoms with E-state index in [-0.39, 0.29) is 29.7 Å². The van der Waals surface area contributed by atoms with Gasteiger partial charge in [-0.2, -0.15) is 4.31 Å². The second-order valence-electron chi connectivity index (χ2n) is 7.99. The van der Waals surface area contributed by atoms with E-state index in [1.165, 1.54) is 36.4 Å². The molecule has 0 radical (unpaired) electrons. The van der Waals surface area contributed by atoms with Crippen LogP contribution in [0.15, 0.2) is 4.99 Å². The molecule has 1 aliphatic heterocycles. The number of sulfonamides is 1. The van der Waals surface area contributed by atoms with Gasteiger partial charge in [0.1, 0.15) is 0 Å². The number of hydrogen-bond acceptors (Lipinski definition) is 4. The summed E-state index contributed by atoms with van der Waals surface area (Å²) in [5.74, 6) is 1.45. The second kappa shape index (κ2) is 11.8. The Kier molecular flexibility index (Phi) is 10.9. The third-order valence-corrected chi connectivity index (χ3v) is 7.25. The lowest BCUT2D eigenvalue weighted by atomic mass is 9.78. The number of guanidine groups is 1. The number of nitrogens with one attached hydrogen (secondary N) is 2. The topological polar surface area (TPSA) is 83.0 Å². The van der Waals surface area contributed by atoms with Crippen LogP contribution in [0, 0.1) is 11.3 Å². The molecule has 0 amide bonds. The molecule has 0 unspecified atom stereocenters. The molecule has 0 aromatic carbocycles. The van der Waals surface area contributed by atoms with E-state index in [0.29, 0.717) is 50.1 Å². The smallest absolute Gasteiger partial charge is 0.215 e. The number of halogens is 1. The molecule has 2 aliphatic rings. The van der Waals surface area contributed by atoms with Gasteiger partial charge in [0.15, 0.2) is 5.96 Å². The molecule has 0 aromatic heterocycles. The molecule has 2 rings (SSSR count). The van der Waals surface area contributed by atoms with Gasteiger partial charge in [0, 0.05) is 33.2 Å². The Bertz CT molecular complexity index is 557. The van der Waals surface area contributed by atoms with Gasteiger partial charge in [0.2, 0.25) is 10.0 Å². The molecule has 27 heavy (non-hydrogen) atoms. The van der Waals surface area contributed by atoms with Crippen molar-refractivity contribution in [2.24, 2.45) is 16.3 Å². The average Bonchev–Trinajstić information content (AvgIpc) is 3.06. The SMILES string of the molecule is CN=C(NCCS(=O)(=O)N1CCOCC1)NCC1(CC(C)C)CCCC1.I. The van der Waals surface area contributed by atoms with E-state index in [4.69, 9.17) is 4.74 Å². The Morgan fingerprint density at radius 3 is 2.37 bits per heavy atom. The summed E-state index contributed by atoms with van der Waals surface area (Å²) >= 11 is 0. The third kappa shape index (κ3) is 8.02. The van der Waals surface area contributed by atoms with Gasteiger partial charge >= 0.3 is 0 Å².